The molecule has 4 rings (SSSR count). The van der Waals surface area contributed by atoms with Crippen LogP contribution in [0.2, 0.25) is 0 Å². The Morgan fingerprint density at radius 2 is 1.71 bits per heavy atom. The number of carboxylic acids is 1. The summed E-state index contributed by atoms with van der Waals surface area (Å²) in [5.41, 5.74) is 0.0746. The highest BCUT2D eigenvalue weighted by atomic mass is 19.4. The van der Waals surface area contributed by atoms with Crippen molar-refractivity contribution in [2.75, 3.05) is 13.8 Å². The minimum Gasteiger partial charge on any atom is -0.496 e. The quantitative estimate of drug-likeness (QED) is 0.525. The molecule has 0 spiro atoms. The second-order valence-corrected chi connectivity index (χ2v) is 7.51. The smallest absolute Gasteiger partial charge is 0.416 e. The van der Waals surface area contributed by atoms with Crippen LogP contribution in [0, 0.1) is 5.82 Å². The third kappa shape index (κ3) is 4.39. The number of ether oxygens (including phenoxy) is 2. The number of carboxylic acid groups (broad SMARTS) is 1. The van der Waals surface area contributed by atoms with Crippen LogP contribution in [0.3, 0.4) is 0 Å². The summed E-state index contributed by atoms with van der Waals surface area (Å²) in [6.45, 7) is -0.193. The Balaban J connectivity index is 1.61. The molecule has 3 aromatic carbocycles. The van der Waals surface area contributed by atoms with E-state index >= 15 is 0 Å². The number of amides is 1. The van der Waals surface area contributed by atoms with E-state index in [9.17, 15) is 32.3 Å². The number of rotatable bonds is 4. The summed E-state index contributed by atoms with van der Waals surface area (Å²) in [4.78, 5) is 25.5. The number of methoxy groups -OCH3 is 1. The van der Waals surface area contributed by atoms with E-state index in [1.807, 2.05) is 0 Å². The molecule has 0 radical (unpaired) electrons. The predicted octanol–water partition coefficient (Wildman–Crippen LogP) is 5.21. The van der Waals surface area contributed by atoms with E-state index < -0.39 is 35.0 Å². The Bertz CT molecular complexity index is 1290. The van der Waals surface area contributed by atoms with Crippen molar-refractivity contribution in [1.82, 2.24) is 4.90 Å². The maximum Gasteiger partial charge on any atom is 0.416 e. The van der Waals surface area contributed by atoms with Crippen molar-refractivity contribution in [3.63, 3.8) is 0 Å². The van der Waals surface area contributed by atoms with Crippen molar-refractivity contribution in [1.29, 1.82) is 0 Å². The number of fused-ring (bicyclic) bond motifs is 1. The average molecular weight is 475 g/mol. The topological polar surface area (TPSA) is 76.1 Å². The molecule has 0 unspecified atom stereocenters. The normalized spacial score (nSPS) is 13.1. The van der Waals surface area contributed by atoms with Gasteiger partial charge in [0.1, 0.15) is 22.9 Å². The van der Waals surface area contributed by atoms with Gasteiger partial charge in [0, 0.05) is 5.56 Å². The van der Waals surface area contributed by atoms with Gasteiger partial charge in [0.15, 0.2) is 6.73 Å². The van der Waals surface area contributed by atoms with Gasteiger partial charge >= 0.3 is 12.1 Å². The van der Waals surface area contributed by atoms with Gasteiger partial charge in [-0.1, -0.05) is 12.1 Å². The van der Waals surface area contributed by atoms with Crippen LogP contribution in [0.4, 0.5) is 17.6 Å². The minimum atomic E-state index is -4.73. The fourth-order valence-corrected chi connectivity index (χ4v) is 3.64. The molecule has 176 valence electrons. The molecular weight excluding hydrogens is 458 g/mol. The first-order valence-corrected chi connectivity index (χ1v) is 9.92. The summed E-state index contributed by atoms with van der Waals surface area (Å²) in [6, 6.07) is 11.5. The van der Waals surface area contributed by atoms with Crippen molar-refractivity contribution in [2.24, 2.45) is 0 Å². The van der Waals surface area contributed by atoms with Gasteiger partial charge in [0.05, 0.1) is 24.8 Å². The van der Waals surface area contributed by atoms with Gasteiger partial charge in [-0.2, -0.15) is 13.2 Å². The SMILES string of the molecule is COc1ccc(-c2ccc3c(c2)CN(C(=O)c2ccc(C(F)(F)F)cc2F)CO3)cc1C(=O)O. The number of hydrogen-bond donors (Lipinski definition) is 1. The van der Waals surface area contributed by atoms with Gasteiger partial charge in [-0.15, -0.1) is 0 Å². The number of alkyl halides is 3. The second-order valence-electron chi connectivity index (χ2n) is 7.51. The fourth-order valence-electron chi connectivity index (χ4n) is 3.64. The lowest BCUT2D eigenvalue weighted by Crippen LogP contribution is -2.37. The molecular formula is C24H17F4NO5. The summed E-state index contributed by atoms with van der Waals surface area (Å²) in [5.74, 6) is -2.57. The van der Waals surface area contributed by atoms with Crippen LogP contribution in [0.15, 0.2) is 54.6 Å². The largest absolute Gasteiger partial charge is 0.496 e. The zero-order valence-electron chi connectivity index (χ0n) is 17.6. The molecule has 1 N–H and O–H groups in total. The Kier molecular flexibility index (Phi) is 5.90. The van der Waals surface area contributed by atoms with Crippen molar-refractivity contribution < 1.29 is 41.7 Å². The molecule has 0 aliphatic carbocycles. The van der Waals surface area contributed by atoms with Gasteiger partial charge in [-0.3, -0.25) is 4.79 Å². The van der Waals surface area contributed by atoms with Crippen LogP contribution in [-0.4, -0.2) is 35.7 Å². The number of benzene rings is 3. The van der Waals surface area contributed by atoms with E-state index in [0.717, 1.165) is 11.0 Å². The van der Waals surface area contributed by atoms with Crippen LogP contribution in [0.1, 0.15) is 31.8 Å². The van der Waals surface area contributed by atoms with Crippen LogP contribution in [-0.2, 0) is 12.7 Å². The monoisotopic (exact) mass is 475 g/mol. The minimum absolute atomic E-state index is 0.0183. The zero-order valence-corrected chi connectivity index (χ0v) is 17.6. The van der Waals surface area contributed by atoms with E-state index in [4.69, 9.17) is 9.47 Å². The first kappa shape index (κ1) is 23.1. The van der Waals surface area contributed by atoms with Crippen molar-refractivity contribution in [3.05, 3.63) is 82.7 Å². The van der Waals surface area contributed by atoms with Gasteiger partial charge in [-0.05, 0) is 53.6 Å². The van der Waals surface area contributed by atoms with E-state index in [1.165, 1.54) is 19.2 Å². The summed E-state index contributed by atoms with van der Waals surface area (Å²) in [7, 11) is 1.36. The lowest BCUT2D eigenvalue weighted by atomic mass is 9.99. The highest BCUT2D eigenvalue weighted by molar-refractivity contribution is 5.95. The molecule has 1 heterocycles. The lowest BCUT2D eigenvalue weighted by Gasteiger charge is -2.29. The molecule has 1 aliphatic rings. The van der Waals surface area contributed by atoms with Crippen LogP contribution in [0.25, 0.3) is 11.1 Å². The molecule has 10 heteroatoms. The molecule has 34 heavy (non-hydrogen) atoms. The van der Waals surface area contributed by atoms with Gasteiger partial charge in [0.2, 0.25) is 0 Å². The third-order valence-corrected chi connectivity index (χ3v) is 5.37. The van der Waals surface area contributed by atoms with E-state index in [0.29, 0.717) is 28.5 Å². The van der Waals surface area contributed by atoms with Gasteiger partial charge < -0.3 is 19.5 Å². The summed E-state index contributed by atoms with van der Waals surface area (Å²) in [6.07, 6.45) is -4.73. The third-order valence-electron chi connectivity index (χ3n) is 5.37. The molecule has 1 amide bonds. The highest BCUT2D eigenvalue weighted by Gasteiger charge is 2.33. The first-order valence-electron chi connectivity index (χ1n) is 9.92. The second kappa shape index (κ2) is 8.69. The Morgan fingerprint density at radius 1 is 1.00 bits per heavy atom. The van der Waals surface area contributed by atoms with Crippen LogP contribution < -0.4 is 9.47 Å². The summed E-state index contributed by atoms with van der Waals surface area (Å²) < 4.78 is 63.3. The van der Waals surface area contributed by atoms with Crippen molar-refractivity contribution >= 4 is 11.9 Å². The first-order chi connectivity index (χ1) is 16.1. The average Bonchev–Trinajstić information content (AvgIpc) is 2.81. The summed E-state index contributed by atoms with van der Waals surface area (Å²) in [5, 5.41) is 9.41. The molecule has 1 aliphatic heterocycles. The predicted molar refractivity (Wildman–Crippen MR) is 112 cm³/mol. The Morgan fingerprint density at radius 3 is 2.35 bits per heavy atom. The van der Waals surface area contributed by atoms with E-state index in [2.05, 4.69) is 0 Å². The Hall–Kier alpha value is -4.08. The molecule has 6 nitrogen and oxygen atoms in total. The van der Waals surface area contributed by atoms with Crippen molar-refractivity contribution in [2.45, 2.75) is 12.7 Å². The molecule has 0 saturated heterocycles. The molecule has 0 fully saturated rings. The number of carbonyl (C=O) groups excluding carboxylic acids is 1. The number of aromatic carboxylic acids is 1. The maximum absolute atomic E-state index is 14.3. The molecule has 0 saturated carbocycles. The van der Waals surface area contributed by atoms with Gasteiger partial charge in [0.25, 0.3) is 5.91 Å². The molecule has 0 atom stereocenters. The highest BCUT2D eigenvalue weighted by Crippen LogP contribution is 2.34. The van der Waals surface area contributed by atoms with Gasteiger partial charge in [-0.25, -0.2) is 9.18 Å². The van der Waals surface area contributed by atoms with E-state index in [-0.39, 0.29) is 30.7 Å². The number of halogens is 4. The summed E-state index contributed by atoms with van der Waals surface area (Å²) >= 11 is 0. The maximum atomic E-state index is 14.3. The van der Waals surface area contributed by atoms with Crippen LogP contribution in [0.5, 0.6) is 11.5 Å². The van der Waals surface area contributed by atoms with Crippen molar-refractivity contribution in [3.8, 4) is 22.6 Å². The number of nitrogens with zero attached hydrogens (tertiary/aromatic N) is 1. The fraction of sp³-hybridized carbons (Fsp3) is 0.167. The standard InChI is InChI=1S/C24H17F4NO5/c1-33-21-7-3-14(9-18(21)23(31)32)13-2-6-20-15(8-13)11-29(12-34-20)22(30)17-5-4-16(10-19(17)25)24(26,27)28/h2-10H,11-12H2,1H3,(H,31,32). The Labute approximate surface area is 190 Å². The van der Waals surface area contributed by atoms with E-state index in [1.54, 1.807) is 24.3 Å². The molecule has 0 aromatic heterocycles. The molecule has 3 aromatic rings. The molecule has 0 bridgehead atoms. The lowest BCUT2D eigenvalue weighted by molar-refractivity contribution is -0.137. The number of carbonyl (C=O) groups is 2. The zero-order chi connectivity index (χ0) is 24.6. The number of hydrogen-bond acceptors (Lipinski definition) is 4. The van der Waals surface area contributed by atoms with Crippen LogP contribution >= 0.6 is 0 Å².